The summed E-state index contributed by atoms with van der Waals surface area (Å²) in [5.41, 5.74) is 3.32. The Morgan fingerprint density at radius 3 is 2.71 bits per heavy atom. The molecule has 0 aliphatic rings. The molecule has 2 aromatic rings. The number of nitrogens with zero attached hydrogens (tertiary/aromatic N) is 3. The second-order valence-corrected chi connectivity index (χ2v) is 3.68. The van der Waals surface area contributed by atoms with Crippen molar-refractivity contribution < 1.29 is 0 Å². The van der Waals surface area contributed by atoms with Gasteiger partial charge in [0.1, 0.15) is 17.1 Å². The maximum absolute atomic E-state index is 6.04. The fraction of sp³-hybridized carbons (Fsp3) is 0.400. The summed E-state index contributed by atoms with van der Waals surface area (Å²) in [6.07, 6.45) is 1.51. The van der Waals surface area contributed by atoms with E-state index in [0.717, 1.165) is 17.6 Å². The molecule has 74 valence electrons. The molecule has 0 saturated carbocycles. The van der Waals surface area contributed by atoms with Gasteiger partial charge in [-0.3, -0.25) is 0 Å². The second-order valence-electron chi connectivity index (χ2n) is 3.32. The van der Waals surface area contributed by atoms with Gasteiger partial charge in [-0.1, -0.05) is 11.6 Å². The first-order valence-corrected chi connectivity index (χ1v) is 5.00. The summed E-state index contributed by atoms with van der Waals surface area (Å²) in [5, 5.41) is 1.52. The van der Waals surface area contributed by atoms with Crippen LogP contribution in [0.1, 0.15) is 18.2 Å². The summed E-state index contributed by atoms with van der Waals surface area (Å²) in [6, 6.07) is 0. The SMILES string of the molecule is CCn1c(C)c(C)c2c(Cl)ncnc21. The molecule has 2 rings (SSSR count). The summed E-state index contributed by atoms with van der Waals surface area (Å²) in [6.45, 7) is 7.14. The van der Waals surface area contributed by atoms with Crippen LogP contribution in [0.15, 0.2) is 6.33 Å². The highest BCUT2D eigenvalue weighted by molar-refractivity contribution is 6.34. The molecule has 0 atom stereocenters. The average molecular weight is 210 g/mol. The Bertz CT molecular complexity index is 488. The van der Waals surface area contributed by atoms with Gasteiger partial charge in [0.15, 0.2) is 0 Å². The molecule has 0 radical (unpaired) electrons. The lowest BCUT2D eigenvalue weighted by molar-refractivity contribution is 0.756. The van der Waals surface area contributed by atoms with Crippen LogP contribution in [0.2, 0.25) is 5.15 Å². The normalized spacial score (nSPS) is 11.1. The molecule has 14 heavy (non-hydrogen) atoms. The molecule has 0 aliphatic heterocycles. The van der Waals surface area contributed by atoms with Crippen molar-refractivity contribution in [3.63, 3.8) is 0 Å². The number of aromatic nitrogens is 3. The molecule has 0 bridgehead atoms. The van der Waals surface area contributed by atoms with Crippen LogP contribution in [-0.2, 0) is 6.54 Å². The van der Waals surface area contributed by atoms with Crippen molar-refractivity contribution >= 4 is 22.6 Å². The van der Waals surface area contributed by atoms with E-state index in [4.69, 9.17) is 11.6 Å². The van der Waals surface area contributed by atoms with Crippen molar-refractivity contribution in [2.45, 2.75) is 27.3 Å². The van der Waals surface area contributed by atoms with E-state index in [1.807, 2.05) is 0 Å². The number of hydrogen-bond donors (Lipinski definition) is 0. The molecule has 0 aromatic carbocycles. The second kappa shape index (κ2) is 3.24. The molecule has 0 spiro atoms. The molecule has 4 heteroatoms. The lowest BCUT2D eigenvalue weighted by atomic mass is 10.2. The van der Waals surface area contributed by atoms with E-state index in [0.29, 0.717) is 5.15 Å². The van der Waals surface area contributed by atoms with E-state index in [2.05, 4.69) is 35.3 Å². The van der Waals surface area contributed by atoms with Gasteiger partial charge >= 0.3 is 0 Å². The van der Waals surface area contributed by atoms with Crippen molar-refractivity contribution in [1.29, 1.82) is 0 Å². The topological polar surface area (TPSA) is 30.7 Å². The Morgan fingerprint density at radius 2 is 2.07 bits per heavy atom. The number of aryl methyl sites for hydroxylation is 2. The lowest BCUT2D eigenvalue weighted by Gasteiger charge is -2.01. The highest BCUT2D eigenvalue weighted by atomic mass is 35.5. The minimum absolute atomic E-state index is 0.544. The van der Waals surface area contributed by atoms with E-state index in [1.54, 1.807) is 0 Å². The van der Waals surface area contributed by atoms with E-state index >= 15 is 0 Å². The third-order valence-electron chi connectivity index (χ3n) is 2.68. The summed E-state index contributed by atoms with van der Waals surface area (Å²) in [5.74, 6) is 0. The minimum Gasteiger partial charge on any atom is -0.330 e. The third-order valence-corrected chi connectivity index (χ3v) is 2.96. The molecule has 0 N–H and O–H groups in total. The van der Waals surface area contributed by atoms with Crippen LogP contribution in [-0.4, -0.2) is 14.5 Å². The zero-order valence-electron chi connectivity index (χ0n) is 8.50. The van der Waals surface area contributed by atoms with Crippen molar-refractivity contribution in [2.75, 3.05) is 0 Å². The van der Waals surface area contributed by atoms with Crippen LogP contribution in [0, 0.1) is 13.8 Å². The van der Waals surface area contributed by atoms with Gasteiger partial charge in [-0.2, -0.15) is 0 Å². The van der Waals surface area contributed by atoms with Gasteiger partial charge in [-0.25, -0.2) is 9.97 Å². The summed E-state index contributed by atoms with van der Waals surface area (Å²) < 4.78 is 2.15. The van der Waals surface area contributed by atoms with Crippen molar-refractivity contribution in [3.05, 3.63) is 22.7 Å². The maximum atomic E-state index is 6.04. The van der Waals surface area contributed by atoms with Crippen molar-refractivity contribution in [2.24, 2.45) is 0 Å². The van der Waals surface area contributed by atoms with Gasteiger partial charge in [0, 0.05) is 12.2 Å². The quantitative estimate of drug-likeness (QED) is 0.677. The first kappa shape index (κ1) is 9.46. The first-order chi connectivity index (χ1) is 6.66. The Hall–Kier alpha value is -1.09. The maximum Gasteiger partial charge on any atom is 0.145 e. The van der Waals surface area contributed by atoms with E-state index in [-0.39, 0.29) is 0 Å². The molecule has 0 fully saturated rings. The molecular weight excluding hydrogens is 198 g/mol. The zero-order chi connectivity index (χ0) is 10.3. The van der Waals surface area contributed by atoms with E-state index in [1.165, 1.54) is 17.6 Å². The largest absolute Gasteiger partial charge is 0.330 e. The van der Waals surface area contributed by atoms with Crippen molar-refractivity contribution in [1.82, 2.24) is 14.5 Å². The molecular formula is C10H12ClN3. The number of fused-ring (bicyclic) bond motifs is 1. The van der Waals surface area contributed by atoms with Gasteiger partial charge in [0.05, 0.1) is 5.39 Å². The van der Waals surface area contributed by atoms with Gasteiger partial charge < -0.3 is 4.57 Å². The molecule has 2 heterocycles. The minimum atomic E-state index is 0.544. The van der Waals surface area contributed by atoms with Crippen LogP contribution >= 0.6 is 11.6 Å². The van der Waals surface area contributed by atoms with Crippen LogP contribution < -0.4 is 0 Å². The smallest absolute Gasteiger partial charge is 0.145 e. The van der Waals surface area contributed by atoms with Crippen LogP contribution in [0.3, 0.4) is 0 Å². The van der Waals surface area contributed by atoms with Crippen LogP contribution in [0.4, 0.5) is 0 Å². The average Bonchev–Trinajstić information content (AvgIpc) is 2.41. The van der Waals surface area contributed by atoms with E-state index < -0.39 is 0 Å². The number of rotatable bonds is 1. The predicted octanol–water partition coefficient (Wildman–Crippen LogP) is 2.72. The lowest BCUT2D eigenvalue weighted by Crippen LogP contribution is -1.97. The number of halogens is 1. The van der Waals surface area contributed by atoms with Crippen LogP contribution in [0.5, 0.6) is 0 Å². The molecule has 0 unspecified atom stereocenters. The molecule has 0 saturated heterocycles. The summed E-state index contributed by atoms with van der Waals surface area (Å²) in [4.78, 5) is 8.26. The molecule has 0 aliphatic carbocycles. The Balaban J connectivity index is 2.95. The first-order valence-electron chi connectivity index (χ1n) is 4.62. The zero-order valence-corrected chi connectivity index (χ0v) is 9.26. The highest BCUT2D eigenvalue weighted by Gasteiger charge is 2.13. The van der Waals surface area contributed by atoms with Gasteiger partial charge in [0.25, 0.3) is 0 Å². The van der Waals surface area contributed by atoms with Gasteiger partial charge in [0.2, 0.25) is 0 Å². The Morgan fingerprint density at radius 1 is 1.36 bits per heavy atom. The van der Waals surface area contributed by atoms with Gasteiger partial charge in [-0.15, -0.1) is 0 Å². The van der Waals surface area contributed by atoms with E-state index in [9.17, 15) is 0 Å². The molecule has 0 amide bonds. The standard InChI is InChI=1S/C10H12ClN3/c1-4-14-7(3)6(2)8-9(11)12-5-13-10(8)14/h5H,4H2,1-3H3. The Kier molecular flexibility index (Phi) is 2.19. The Labute approximate surface area is 87.7 Å². The molecule has 3 nitrogen and oxygen atoms in total. The predicted molar refractivity (Wildman–Crippen MR) is 57.7 cm³/mol. The molecule has 2 aromatic heterocycles. The summed E-state index contributed by atoms with van der Waals surface area (Å²) in [7, 11) is 0. The van der Waals surface area contributed by atoms with Gasteiger partial charge in [-0.05, 0) is 26.3 Å². The highest BCUT2D eigenvalue weighted by Crippen LogP contribution is 2.27. The number of hydrogen-bond acceptors (Lipinski definition) is 2. The summed E-state index contributed by atoms with van der Waals surface area (Å²) >= 11 is 6.04. The fourth-order valence-electron chi connectivity index (χ4n) is 1.81. The van der Waals surface area contributed by atoms with Crippen LogP contribution in [0.25, 0.3) is 11.0 Å². The fourth-order valence-corrected chi connectivity index (χ4v) is 2.08. The third kappa shape index (κ3) is 1.12. The monoisotopic (exact) mass is 209 g/mol. The van der Waals surface area contributed by atoms with Crippen molar-refractivity contribution in [3.8, 4) is 0 Å².